The number of para-hydroxylation sites is 1. The first-order chi connectivity index (χ1) is 11.1. The van der Waals surface area contributed by atoms with Gasteiger partial charge in [-0.1, -0.05) is 18.2 Å². The molecule has 2 aromatic carbocycles. The van der Waals surface area contributed by atoms with Crippen LogP contribution in [0.15, 0.2) is 36.4 Å². The molecule has 120 valence electrons. The highest BCUT2D eigenvalue weighted by Gasteiger charge is 2.26. The third-order valence-electron chi connectivity index (χ3n) is 3.79. The fourth-order valence-corrected chi connectivity index (χ4v) is 2.68. The molecule has 0 saturated carbocycles. The minimum Gasteiger partial charge on any atom is -0.490 e. The van der Waals surface area contributed by atoms with E-state index < -0.39 is 0 Å². The van der Waals surface area contributed by atoms with E-state index in [0.717, 1.165) is 11.1 Å². The number of rotatable bonds is 3. The smallest absolute Gasteiger partial charge is 0.265 e. The van der Waals surface area contributed by atoms with Crippen molar-refractivity contribution < 1.29 is 18.7 Å². The number of nitrogens with zero attached hydrogens (tertiary/aromatic N) is 1. The van der Waals surface area contributed by atoms with E-state index in [-0.39, 0.29) is 18.3 Å². The molecule has 0 unspecified atom stereocenters. The van der Waals surface area contributed by atoms with Gasteiger partial charge in [-0.25, -0.2) is 4.39 Å². The van der Waals surface area contributed by atoms with Crippen LogP contribution < -0.4 is 14.4 Å². The second-order valence-corrected chi connectivity index (χ2v) is 5.38. The molecule has 3 rings (SSSR count). The van der Waals surface area contributed by atoms with Crippen LogP contribution in [0, 0.1) is 12.7 Å². The van der Waals surface area contributed by atoms with Gasteiger partial charge in [0.25, 0.3) is 5.91 Å². The molecule has 0 radical (unpaired) electrons. The summed E-state index contributed by atoms with van der Waals surface area (Å²) in [5.74, 6) is 0.624. The molecule has 0 aromatic heterocycles. The first-order valence-corrected chi connectivity index (χ1v) is 7.54. The van der Waals surface area contributed by atoms with Gasteiger partial charge in [0, 0.05) is 11.3 Å². The molecule has 0 atom stereocenters. The van der Waals surface area contributed by atoms with Gasteiger partial charge in [0.15, 0.2) is 18.1 Å². The molecule has 0 spiro atoms. The number of halogens is 1. The van der Waals surface area contributed by atoms with Crippen LogP contribution in [-0.4, -0.2) is 19.1 Å². The van der Waals surface area contributed by atoms with Crippen molar-refractivity contribution in [3.8, 4) is 11.5 Å². The molecule has 0 aliphatic carbocycles. The van der Waals surface area contributed by atoms with Crippen molar-refractivity contribution in [1.82, 2.24) is 0 Å². The van der Waals surface area contributed by atoms with Gasteiger partial charge in [0.1, 0.15) is 5.82 Å². The molecule has 0 saturated heterocycles. The second kappa shape index (κ2) is 6.28. The highest BCUT2D eigenvalue weighted by molar-refractivity contribution is 5.95. The van der Waals surface area contributed by atoms with Crippen LogP contribution >= 0.6 is 0 Å². The Morgan fingerprint density at radius 1 is 1.30 bits per heavy atom. The largest absolute Gasteiger partial charge is 0.490 e. The SMILES string of the molecule is CCOc1cccc2c1OCC(=O)N(c1cc(F)ccc1C)C2. The summed E-state index contributed by atoms with van der Waals surface area (Å²) in [6.07, 6.45) is 0. The van der Waals surface area contributed by atoms with Gasteiger partial charge in [0.05, 0.1) is 13.2 Å². The number of aryl methyl sites for hydroxylation is 1. The maximum atomic E-state index is 13.6. The van der Waals surface area contributed by atoms with Crippen LogP contribution in [0.5, 0.6) is 11.5 Å². The lowest BCUT2D eigenvalue weighted by molar-refractivity contribution is -0.120. The molecule has 1 amide bonds. The van der Waals surface area contributed by atoms with Gasteiger partial charge in [-0.3, -0.25) is 4.79 Å². The Bertz CT molecular complexity index is 745. The average molecular weight is 315 g/mol. The Morgan fingerprint density at radius 2 is 2.13 bits per heavy atom. The van der Waals surface area contributed by atoms with Crippen LogP contribution in [0.2, 0.25) is 0 Å². The van der Waals surface area contributed by atoms with Crippen LogP contribution in [0.4, 0.5) is 10.1 Å². The summed E-state index contributed by atoms with van der Waals surface area (Å²) in [6.45, 7) is 4.47. The van der Waals surface area contributed by atoms with E-state index in [2.05, 4.69) is 0 Å². The Hall–Kier alpha value is -2.56. The quantitative estimate of drug-likeness (QED) is 0.871. The fraction of sp³-hybridized carbons (Fsp3) is 0.278. The molecule has 23 heavy (non-hydrogen) atoms. The van der Waals surface area contributed by atoms with Gasteiger partial charge in [-0.2, -0.15) is 0 Å². The maximum absolute atomic E-state index is 13.6. The number of carbonyl (C=O) groups excluding carboxylic acids is 1. The van der Waals surface area contributed by atoms with Crippen LogP contribution in [0.1, 0.15) is 18.1 Å². The number of benzene rings is 2. The lowest BCUT2D eigenvalue weighted by atomic mass is 10.1. The zero-order chi connectivity index (χ0) is 16.4. The summed E-state index contributed by atoms with van der Waals surface area (Å²) in [6, 6.07) is 10.00. The number of hydrogen-bond acceptors (Lipinski definition) is 3. The van der Waals surface area contributed by atoms with Crippen LogP contribution in [-0.2, 0) is 11.3 Å². The Balaban J connectivity index is 2.02. The average Bonchev–Trinajstić information content (AvgIpc) is 2.70. The predicted molar refractivity (Wildman–Crippen MR) is 85.4 cm³/mol. The molecule has 1 heterocycles. The topological polar surface area (TPSA) is 38.8 Å². The normalized spacial score (nSPS) is 14.0. The Morgan fingerprint density at radius 3 is 2.91 bits per heavy atom. The van der Waals surface area contributed by atoms with Crippen molar-refractivity contribution in [3.05, 3.63) is 53.3 Å². The Kier molecular flexibility index (Phi) is 4.19. The summed E-state index contributed by atoms with van der Waals surface area (Å²) in [5.41, 5.74) is 2.24. The molecular weight excluding hydrogens is 297 g/mol. The number of carbonyl (C=O) groups is 1. The molecule has 1 aliphatic heterocycles. The van der Waals surface area contributed by atoms with Crippen molar-refractivity contribution in [2.75, 3.05) is 18.1 Å². The zero-order valence-electron chi connectivity index (χ0n) is 13.1. The summed E-state index contributed by atoms with van der Waals surface area (Å²) in [7, 11) is 0. The monoisotopic (exact) mass is 315 g/mol. The lowest BCUT2D eigenvalue weighted by Crippen LogP contribution is -2.32. The molecule has 0 N–H and O–H groups in total. The van der Waals surface area contributed by atoms with Gasteiger partial charge in [0.2, 0.25) is 0 Å². The molecule has 5 heteroatoms. The maximum Gasteiger partial charge on any atom is 0.265 e. The molecule has 4 nitrogen and oxygen atoms in total. The minimum absolute atomic E-state index is 0.104. The molecular formula is C18H18FNO3. The number of ether oxygens (including phenoxy) is 2. The summed E-state index contributed by atoms with van der Waals surface area (Å²) in [4.78, 5) is 14.0. The van der Waals surface area contributed by atoms with Crippen LogP contribution in [0.25, 0.3) is 0 Å². The third-order valence-corrected chi connectivity index (χ3v) is 3.79. The number of fused-ring (bicyclic) bond motifs is 1. The van der Waals surface area contributed by atoms with Crippen molar-refractivity contribution in [2.24, 2.45) is 0 Å². The first kappa shape index (κ1) is 15.3. The van der Waals surface area contributed by atoms with Gasteiger partial charge < -0.3 is 14.4 Å². The number of anilines is 1. The first-order valence-electron chi connectivity index (χ1n) is 7.54. The summed E-state index contributed by atoms with van der Waals surface area (Å²) in [5, 5.41) is 0. The van der Waals surface area contributed by atoms with Gasteiger partial charge in [-0.15, -0.1) is 0 Å². The van der Waals surface area contributed by atoms with Crippen molar-refractivity contribution in [3.63, 3.8) is 0 Å². The van der Waals surface area contributed by atoms with E-state index in [1.165, 1.54) is 12.1 Å². The van der Waals surface area contributed by atoms with Crippen molar-refractivity contribution in [1.29, 1.82) is 0 Å². The van der Waals surface area contributed by atoms with E-state index >= 15 is 0 Å². The van der Waals surface area contributed by atoms with E-state index in [1.807, 2.05) is 32.0 Å². The van der Waals surface area contributed by atoms with E-state index in [4.69, 9.17) is 9.47 Å². The van der Waals surface area contributed by atoms with E-state index in [1.54, 1.807) is 11.0 Å². The third kappa shape index (κ3) is 2.99. The molecule has 1 aliphatic rings. The lowest BCUT2D eigenvalue weighted by Gasteiger charge is -2.22. The standard InChI is InChI=1S/C18H18FNO3/c1-3-22-16-6-4-5-13-10-20(17(21)11-23-18(13)16)15-9-14(19)8-7-12(15)2/h4-9H,3,10-11H2,1-2H3. The summed E-state index contributed by atoms with van der Waals surface area (Å²) >= 11 is 0. The Labute approximate surface area is 134 Å². The zero-order valence-corrected chi connectivity index (χ0v) is 13.1. The number of hydrogen-bond donors (Lipinski definition) is 0. The molecule has 0 fully saturated rings. The second-order valence-electron chi connectivity index (χ2n) is 5.38. The van der Waals surface area contributed by atoms with E-state index in [0.29, 0.717) is 30.3 Å². The van der Waals surface area contributed by atoms with Crippen molar-refractivity contribution in [2.45, 2.75) is 20.4 Å². The predicted octanol–water partition coefficient (Wildman–Crippen LogP) is 3.46. The summed E-state index contributed by atoms with van der Waals surface area (Å²) < 4.78 is 24.8. The highest BCUT2D eigenvalue weighted by Crippen LogP contribution is 2.35. The van der Waals surface area contributed by atoms with Crippen LogP contribution in [0.3, 0.4) is 0 Å². The highest BCUT2D eigenvalue weighted by atomic mass is 19.1. The minimum atomic E-state index is -0.369. The van der Waals surface area contributed by atoms with Gasteiger partial charge >= 0.3 is 0 Å². The van der Waals surface area contributed by atoms with E-state index in [9.17, 15) is 9.18 Å². The fourth-order valence-electron chi connectivity index (χ4n) is 2.68. The molecule has 0 bridgehead atoms. The molecule has 2 aromatic rings. The van der Waals surface area contributed by atoms with Crippen molar-refractivity contribution >= 4 is 11.6 Å². The van der Waals surface area contributed by atoms with Gasteiger partial charge in [-0.05, 0) is 37.6 Å². The number of amides is 1.